The molecule has 1 aliphatic heterocycles. The monoisotopic (exact) mass is 352 g/mol. The van der Waals surface area contributed by atoms with Gasteiger partial charge in [0.2, 0.25) is 0 Å². The first kappa shape index (κ1) is 16.3. The molecule has 1 saturated heterocycles. The van der Waals surface area contributed by atoms with Crippen LogP contribution in [-0.2, 0) is 14.1 Å². The average molecular weight is 352 g/mol. The molecule has 134 valence electrons. The molecule has 1 aromatic carbocycles. The number of fused-ring (bicyclic) bond motifs is 1. The molecule has 0 radical (unpaired) electrons. The third kappa shape index (κ3) is 2.83. The van der Waals surface area contributed by atoms with Gasteiger partial charge in [0.15, 0.2) is 0 Å². The predicted octanol–water partition coefficient (Wildman–Crippen LogP) is 0.354. The summed E-state index contributed by atoms with van der Waals surface area (Å²) in [5, 5.41) is 4.95. The van der Waals surface area contributed by atoms with E-state index in [1.165, 1.54) is 9.25 Å². The molecule has 0 spiro atoms. The molecule has 8 nitrogen and oxygen atoms in total. The summed E-state index contributed by atoms with van der Waals surface area (Å²) in [5.74, 6) is 0.815. The van der Waals surface area contributed by atoms with Crippen LogP contribution in [0.2, 0.25) is 0 Å². The number of nitrogens with zero attached hydrogens (tertiary/aromatic N) is 6. The second-order valence-electron chi connectivity index (χ2n) is 6.49. The lowest BCUT2D eigenvalue weighted by molar-refractivity contribution is 0.623. The molecule has 0 atom stereocenters. The van der Waals surface area contributed by atoms with Crippen molar-refractivity contribution in [1.82, 2.24) is 19.3 Å². The lowest BCUT2D eigenvalue weighted by atomic mass is 10.2. The van der Waals surface area contributed by atoms with Crippen LogP contribution in [0.25, 0.3) is 10.9 Å². The molecular formula is C18H20N6O2. The Labute approximate surface area is 149 Å². The minimum atomic E-state index is -0.109. The highest BCUT2D eigenvalue weighted by Gasteiger charge is 2.19. The Kier molecular flexibility index (Phi) is 3.95. The van der Waals surface area contributed by atoms with Crippen molar-refractivity contribution in [2.45, 2.75) is 0 Å². The van der Waals surface area contributed by atoms with Crippen molar-refractivity contribution >= 4 is 22.4 Å². The summed E-state index contributed by atoms with van der Waals surface area (Å²) >= 11 is 0. The maximum absolute atomic E-state index is 12.1. The van der Waals surface area contributed by atoms with Crippen molar-refractivity contribution in [3.8, 4) is 0 Å². The van der Waals surface area contributed by atoms with E-state index < -0.39 is 0 Å². The predicted molar refractivity (Wildman–Crippen MR) is 101 cm³/mol. The quantitative estimate of drug-likeness (QED) is 0.663. The fourth-order valence-electron chi connectivity index (χ4n) is 3.25. The summed E-state index contributed by atoms with van der Waals surface area (Å²) in [6.07, 6.45) is 1.55. The molecule has 0 aliphatic carbocycles. The molecule has 0 unspecified atom stereocenters. The first-order chi connectivity index (χ1) is 12.5. The van der Waals surface area contributed by atoms with Crippen LogP contribution in [0.4, 0.5) is 11.5 Å². The number of hydrogen-bond acceptors (Lipinski definition) is 6. The lowest BCUT2D eigenvalue weighted by Crippen LogP contribution is -2.47. The lowest BCUT2D eigenvalue weighted by Gasteiger charge is -2.36. The largest absolute Gasteiger partial charge is 0.368 e. The first-order valence-corrected chi connectivity index (χ1v) is 8.52. The van der Waals surface area contributed by atoms with Crippen LogP contribution in [0.5, 0.6) is 0 Å². The normalized spacial score (nSPS) is 14.8. The Morgan fingerprint density at radius 1 is 0.923 bits per heavy atom. The van der Waals surface area contributed by atoms with E-state index in [9.17, 15) is 9.59 Å². The van der Waals surface area contributed by atoms with Gasteiger partial charge < -0.3 is 14.4 Å². The zero-order valence-corrected chi connectivity index (χ0v) is 14.8. The highest BCUT2D eigenvalue weighted by molar-refractivity contribution is 5.81. The SMILES string of the molecule is Cn1cnc2cc(N3CCN(c4ccc(=O)n(C)n4)CC3)ccc2c1=O. The summed E-state index contributed by atoms with van der Waals surface area (Å²) in [6.45, 7) is 3.29. The van der Waals surface area contributed by atoms with Crippen LogP contribution >= 0.6 is 0 Å². The second-order valence-corrected chi connectivity index (χ2v) is 6.49. The van der Waals surface area contributed by atoms with Crippen molar-refractivity contribution in [1.29, 1.82) is 0 Å². The molecule has 8 heteroatoms. The van der Waals surface area contributed by atoms with E-state index >= 15 is 0 Å². The Morgan fingerprint density at radius 3 is 2.38 bits per heavy atom. The van der Waals surface area contributed by atoms with Crippen LogP contribution in [0.1, 0.15) is 0 Å². The Bertz CT molecular complexity index is 1080. The van der Waals surface area contributed by atoms with Crippen molar-refractivity contribution in [2.24, 2.45) is 14.1 Å². The third-order valence-corrected chi connectivity index (χ3v) is 4.82. The molecule has 3 aromatic rings. The first-order valence-electron chi connectivity index (χ1n) is 8.52. The number of anilines is 2. The van der Waals surface area contributed by atoms with E-state index in [0.717, 1.165) is 37.7 Å². The molecule has 0 amide bonds. The standard InChI is InChI=1S/C18H20N6O2/c1-21-12-19-15-11-13(3-4-14(15)18(21)26)23-7-9-24(10-8-23)16-5-6-17(25)22(2)20-16/h3-6,11-12H,7-10H2,1-2H3. The van der Waals surface area contributed by atoms with Gasteiger partial charge in [0, 0.05) is 52.0 Å². The molecule has 0 N–H and O–H groups in total. The van der Waals surface area contributed by atoms with Crippen LogP contribution < -0.4 is 20.9 Å². The van der Waals surface area contributed by atoms with E-state index in [0.29, 0.717) is 10.9 Å². The van der Waals surface area contributed by atoms with Crippen molar-refractivity contribution < 1.29 is 0 Å². The molecule has 1 aliphatic rings. The van der Waals surface area contributed by atoms with Gasteiger partial charge in [-0.25, -0.2) is 9.67 Å². The average Bonchev–Trinajstić information content (AvgIpc) is 2.67. The fourth-order valence-corrected chi connectivity index (χ4v) is 3.25. The Hall–Kier alpha value is -3.16. The van der Waals surface area contributed by atoms with E-state index in [2.05, 4.69) is 19.9 Å². The van der Waals surface area contributed by atoms with Crippen LogP contribution in [0.3, 0.4) is 0 Å². The van der Waals surface area contributed by atoms with Gasteiger partial charge >= 0.3 is 0 Å². The Balaban J connectivity index is 1.53. The van der Waals surface area contributed by atoms with Crippen LogP contribution in [0, 0.1) is 0 Å². The van der Waals surface area contributed by atoms with Gasteiger partial charge in [-0.05, 0) is 24.3 Å². The number of hydrogen-bond donors (Lipinski definition) is 0. The van der Waals surface area contributed by atoms with Crippen molar-refractivity contribution in [2.75, 3.05) is 36.0 Å². The summed E-state index contributed by atoms with van der Waals surface area (Å²) in [4.78, 5) is 32.4. The summed E-state index contributed by atoms with van der Waals surface area (Å²) in [7, 11) is 3.36. The van der Waals surface area contributed by atoms with Gasteiger partial charge in [0.25, 0.3) is 11.1 Å². The topological polar surface area (TPSA) is 76.3 Å². The molecule has 1 fully saturated rings. The maximum atomic E-state index is 12.1. The van der Waals surface area contributed by atoms with Crippen molar-refractivity contribution in [3.05, 3.63) is 57.4 Å². The molecule has 26 heavy (non-hydrogen) atoms. The molecular weight excluding hydrogens is 332 g/mol. The summed E-state index contributed by atoms with van der Waals surface area (Å²) < 4.78 is 2.85. The minimum absolute atomic E-state index is 0.0351. The van der Waals surface area contributed by atoms with Crippen LogP contribution in [-0.4, -0.2) is 45.5 Å². The van der Waals surface area contributed by atoms with E-state index in [1.54, 1.807) is 32.6 Å². The maximum Gasteiger partial charge on any atom is 0.266 e. The van der Waals surface area contributed by atoms with Gasteiger partial charge in [-0.3, -0.25) is 9.59 Å². The smallest absolute Gasteiger partial charge is 0.266 e. The van der Waals surface area contributed by atoms with Gasteiger partial charge in [0.05, 0.1) is 17.2 Å². The van der Waals surface area contributed by atoms with Gasteiger partial charge in [-0.2, -0.15) is 5.10 Å². The molecule has 4 rings (SSSR count). The highest BCUT2D eigenvalue weighted by Crippen LogP contribution is 2.21. The van der Waals surface area contributed by atoms with Gasteiger partial charge in [-0.1, -0.05) is 0 Å². The van der Waals surface area contributed by atoms with E-state index in [1.807, 2.05) is 18.2 Å². The fraction of sp³-hybridized carbons (Fsp3) is 0.333. The molecule has 3 heterocycles. The van der Waals surface area contributed by atoms with Crippen LogP contribution in [0.15, 0.2) is 46.2 Å². The molecule has 0 saturated carbocycles. The van der Waals surface area contributed by atoms with E-state index in [4.69, 9.17) is 0 Å². The third-order valence-electron chi connectivity index (χ3n) is 4.82. The minimum Gasteiger partial charge on any atom is -0.368 e. The zero-order valence-electron chi connectivity index (χ0n) is 14.8. The summed E-state index contributed by atoms with van der Waals surface area (Å²) in [6, 6.07) is 9.11. The van der Waals surface area contributed by atoms with E-state index in [-0.39, 0.29) is 11.1 Å². The number of aryl methyl sites for hydroxylation is 2. The van der Waals surface area contributed by atoms with Crippen molar-refractivity contribution in [3.63, 3.8) is 0 Å². The summed E-state index contributed by atoms with van der Waals surface area (Å²) in [5.41, 5.74) is 1.63. The van der Waals surface area contributed by atoms with Gasteiger partial charge in [0.1, 0.15) is 5.82 Å². The zero-order chi connectivity index (χ0) is 18.3. The highest BCUT2D eigenvalue weighted by atomic mass is 16.1. The number of piperazine rings is 1. The second kappa shape index (κ2) is 6.29. The number of benzene rings is 1. The Morgan fingerprint density at radius 2 is 1.65 bits per heavy atom. The number of aromatic nitrogens is 4. The molecule has 2 aromatic heterocycles. The molecule has 0 bridgehead atoms. The number of rotatable bonds is 2. The van der Waals surface area contributed by atoms with Gasteiger partial charge in [-0.15, -0.1) is 0 Å².